The van der Waals surface area contributed by atoms with E-state index in [1.54, 1.807) is 0 Å². The van der Waals surface area contributed by atoms with Gasteiger partial charge in [0.25, 0.3) is 0 Å². The minimum Gasteiger partial charge on any atom is -0.346 e. The quantitative estimate of drug-likeness (QED) is 0.581. The molecule has 0 saturated heterocycles. The van der Waals surface area contributed by atoms with Gasteiger partial charge in [0.1, 0.15) is 0 Å². The highest BCUT2D eigenvalue weighted by Gasteiger charge is 2.11. The summed E-state index contributed by atoms with van der Waals surface area (Å²) in [4.78, 5) is 13.2. The van der Waals surface area contributed by atoms with Gasteiger partial charge in [-0.2, -0.15) is 0 Å². The molecule has 0 spiro atoms. The van der Waals surface area contributed by atoms with E-state index in [1.807, 2.05) is 25.8 Å². The first-order chi connectivity index (χ1) is 5.59. The first-order valence-corrected chi connectivity index (χ1v) is 4.84. The second-order valence-corrected chi connectivity index (χ2v) is 3.62. The molecule has 1 amide bonds. The number of carbonyl (C=O) groups excluding carboxylic acids is 1. The standard InChI is InChI=1S/C10H21NO/c1-5-6-7-8-11(4)10(12)9(2)3/h9H,5-8H2,1-4H3. The predicted molar refractivity (Wildman–Crippen MR) is 52.0 cm³/mol. The van der Waals surface area contributed by atoms with Crippen LogP contribution < -0.4 is 0 Å². The average Bonchev–Trinajstić information content (AvgIpc) is 2.03. The molecule has 0 aromatic heterocycles. The van der Waals surface area contributed by atoms with Gasteiger partial charge in [-0.05, 0) is 6.42 Å². The van der Waals surface area contributed by atoms with Gasteiger partial charge >= 0.3 is 0 Å². The third-order valence-corrected chi connectivity index (χ3v) is 1.97. The minimum absolute atomic E-state index is 0.136. The highest BCUT2D eigenvalue weighted by atomic mass is 16.2. The van der Waals surface area contributed by atoms with Crippen LogP contribution in [-0.2, 0) is 4.79 Å². The number of nitrogens with zero attached hydrogens (tertiary/aromatic N) is 1. The van der Waals surface area contributed by atoms with E-state index in [1.165, 1.54) is 12.8 Å². The van der Waals surface area contributed by atoms with Gasteiger partial charge in [0.2, 0.25) is 5.91 Å². The van der Waals surface area contributed by atoms with E-state index >= 15 is 0 Å². The van der Waals surface area contributed by atoms with Crippen LogP contribution in [0, 0.1) is 5.92 Å². The van der Waals surface area contributed by atoms with Gasteiger partial charge in [0, 0.05) is 19.5 Å². The van der Waals surface area contributed by atoms with Gasteiger partial charge in [-0.25, -0.2) is 0 Å². The summed E-state index contributed by atoms with van der Waals surface area (Å²) in [5.41, 5.74) is 0. The lowest BCUT2D eigenvalue weighted by Gasteiger charge is -2.18. The van der Waals surface area contributed by atoms with Crippen molar-refractivity contribution in [2.75, 3.05) is 13.6 Å². The van der Waals surface area contributed by atoms with Gasteiger partial charge in [0.05, 0.1) is 0 Å². The van der Waals surface area contributed by atoms with Crippen LogP contribution in [0.25, 0.3) is 0 Å². The molecule has 0 unspecified atom stereocenters. The van der Waals surface area contributed by atoms with Crippen molar-refractivity contribution in [3.8, 4) is 0 Å². The Balaban J connectivity index is 3.57. The summed E-state index contributed by atoms with van der Waals surface area (Å²) in [7, 11) is 1.89. The topological polar surface area (TPSA) is 20.3 Å². The number of amides is 1. The third kappa shape index (κ3) is 4.37. The van der Waals surface area contributed by atoms with E-state index in [0.29, 0.717) is 0 Å². The molecular weight excluding hydrogens is 150 g/mol. The maximum Gasteiger partial charge on any atom is 0.224 e. The summed E-state index contributed by atoms with van der Waals surface area (Å²) < 4.78 is 0. The normalized spacial score (nSPS) is 10.4. The highest BCUT2D eigenvalue weighted by Crippen LogP contribution is 2.01. The van der Waals surface area contributed by atoms with Crippen LogP contribution in [0.1, 0.15) is 40.0 Å². The maximum atomic E-state index is 11.4. The summed E-state index contributed by atoms with van der Waals surface area (Å²) in [6.45, 7) is 6.96. The lowest BCUT2D eigenvalue weighted by molar-refractivity contribution is -0.133. The Labute approximate surface area is 75.9 Å². The molecule has 72 valence electrons. The Hall–Kier alpha value is -0.530. The lowest BCUT2D eigenvalue weighted by Crippen LogP contribution is -2.31. The van der Waals surface area contributed by atoms with E-state index < -0.39 is 0 Å². The summed E-state index contributed by atoms with van der Waals surface area (Å²) in [6.07, 6.45) is 3.56. The number of hydrogen-bond donors (Lipinski definition) is 0. The molecule has 2 heteroatoms. The molecule has 0 aliphatic carbocycles. The molecule has 0 aliphatic rings. The van der Waals surface area contributed by atoms with Gasteiger partial charge in [-0.3, -0.25) is 4.79 Å². The first kappa shape index (κ1) is 11.5. The van der Waals surface area contributed by atoms with Gasteiger partial charge in [0.15, 0.2) is 0 Å². The zero-order chi connectivity index (χ0) is 9.56. The molecule has 2 nitrogen and oxygen atoms in total. The summed E-state index contributed by atoms with van der Waals surface area (Å²) in [5.74, 6) is 0.391. The molecule has 0 fully saturated rings. The molecule has 0 saturated carbocycles. The zero-order valence-corrected chi connectivity index (χ0v) is 8.76. The van der Waals surface area contributed by atoms with E-state index in [-0.39, 0.29) is 11.8 Å². The Kier molecular flexibility index (Phi) is 5.77. The lowest BCUT2D eigenvalue weighted by atomic mass is 10.2. The molecule has 12 heavy (non-hydrogen) atoms. The van der Waals surface area contributed by atoms with Crippen molar-refractivity contribution < 1.29 is 4.79 Å². The molecule has 0 rings (SSSR count). The van der Waals surface area contributed by atoms with Crippen molar-refractivity contribution in [2.45, 2.75) is 40.0 Å². The van der Waals surface area contributed by atoms with Crippen molar-refractivity contribution in [1.29, 1.82) is 0 Å². The van der Waals surface area contributed by atoms with Crippen LogP contribution in [-0.4, -0.2) is 24.4 Å². The average molecular weight is 171 g/mol. The van der Waals surface area contributed by atoms with Crippen molar-refractivity contribution in [1.82, 2.24) is 4.90 Å². The van der Waals surface area contributed by atoms with Crippen molar-refractivity contribution in [3.05, 3.63) is 0 Å². The van der Waals surface area contributed by atoms with Crippen molar-refractivity contribution in [3.63, 3.8) is 0 Å². The van der Waals surface area contributed by atoms with Crippen LogP contribution in [0.5, 0.6) is 0 Å². The highest BCUT2D eigenvalue weighted by molar-refractivity contribution is 5.77. The molecule has 0 aromatic rings. The molecule has 0 atom stereocenters. The van der Waals surface area contributed by atoms with Crippen LogP contribution in [0.15, 0.2) is 0 Å². The van der Waals surface area contributed by atoms with Crippen LogP contribution in [0.4, 0.5) is 0 Å². The minimum atomic E-state index is 0.136. The first-order valence-electron chi connectivity index (χ1n) is 4.84. The fourth-order valence-electron chi connectivity index (χ4n) is 1.15. The SMILES string of the molecule is CCCCCN(C)C(=O)C(C)C. The van der Waals surface area contributed by atoms with Crippen LogP contribution in [0.2, 0.25) is 0 Å². The Bertz CT molecular complexity index is 132. The van der Waals surface area contributed by atoms with E-state index in [2.05, 4.69) is 6.92 Å². The summed E-state index contributed by atoms with van der Waals surface area (Å²) in [5, 5.41) is 0. The van der Waals surface area contributed by atoms with E-state index in [0.717, 1.165) is 13.0 Å². The molecule has 0 bridgehead atoms. The molecule has 0 N–H and O–H groups in total. The molecular formula is C10H21NO. The zero-order valence-electron chi connectivity index (χ0n) is 8.76. The summed E-state index contributed by atoms with van der Waals surface area (Å²) in [6, 6.07) is 0. The fourth-order valence-corrected chi connectivity index (χ4v) is 1.15. The smallest absolute Gasteiger partial charge is 0.224 e. The number of rotatable bonds is 5. The van der Waals surface area contributed by atoms with E-state index in [9.17, 15) is 4.79 Å². The fraction of sp³-hybridized carbons (Fsp3) is 0.900. The number of carbonyl (C=O) groups is 1. The van der Waals surface area contributed by atoms with E-state index in [4.69, 9.17) is 0 Å². The van der Waals surface area contributed by atoms with Gasteiger partial charge in [-0.15, -0.1) is 0 Å². The Morgan fingerprint density at radius 3 is 2.33 bits per heavy atom. The van der Waals surface area contributed by atoms with Gasteiger partial charge < -0.3 is 4.90 Å². The number of unbranched alkanes of at least 4 members (excludes halogenated alkanes) is 2. The third-order valence-electron chi connectivity index (χ3n) is 1.97. The van der Waals surface area contributed by atoms with Crippen LogP contribution >= 0.6 is 0 Å². The predicted octanol–water partition coefficient (Wildman–Crippen LogP) is 2.29. The second-order valence-electron chi connectivity index (χ2n) is 3.62. The molecule has 0 aliphatic heterocycles. The number of hydrogen-bond acceptors (Lipinski definition) is 1. The second kappa shape index (κ2) is 6.04. The largest absolute Gasteiger partial charge is 0.346 e. The molecule has 0 radical (unpaired) electrons. The van der Waals surface area contributed by atoms with Gasteiger partial charge in [-0.1, -0.05) is 33.6 Å². The van der Waals surface area contributed by atoms with Crippen molar-refractivity contribution >= 4 is 5.91 Å². The molecule has 0 aromatic carbocycles. The molecule has 0 heterocycles. The summed E-state index contributed by atoms with van der Waals surface area (Å²) >= 11 is 0. The maximum absolute atomic E-state index is 11.4. The monoisotopic (exact) mass is 171 g/mol. The Morgan fingerprint density at radius 1 is 1.33 bits per heavy atom. The van der Waals surface area contributed by atoms with Crippen molar-refractivity contribution in [2.24, 2.45) is 5.92 Å². The van der Waals surface area contributed by atoms with Crippen LogP contribution in [0.3, 0.4) is 0 Å². The Morgan fingerprint density at radius 2 is 1.92 bits per heavy atom.